The molecule has 1 aromatic rings. The van der Waals surface area contributed by atoms with Crippen molar-refractivity contribution in [2.24, 2.45) is 0 Å². The van der Waals surface area contributed by atoms with E-state index in [9.17, 15) is 4.79 Å². The molecule has 1 fully saturated rings. The van der Waals surface area contributed by atoms with Crippen molar-refractivity contribution >= 4 is 5.91 Å². The van der Waals surface area contributed by atoms with Crippen LogP contribution in [0.25, 0.3) is 0 Å². The third-order valence-corrected chi connectivity index (χ3v) is 4.10. The zero-order valence-electron chi connectivity index (χ0n) is 13.0. The summed E-state index contributed by atoms with van der Waals surface area (Å²) in [5.74, 6) is 0.771. The number of nitrogens with one attached hydrogen (secondary N) is 2. The van der Waals surface area contributed by atoms with Gasteiger partial charge in [-0.2, -0.15) is 0 Å². The topological polar surface area (TPSA) is 50.4 Å². The minimum atomic E-state index is 0.0916. The molecule has 0 spiro atoms. The van der Waals surface area contributed by atoms with Crippen LogP contribution in [0, 0.1) is 6.92 Å². The lowest BCUT2D eigenvalue weighted by atomic mass is 9.76. The van der Waals surface area contributed by atoms with E-state index in [1.165, 1.54) is 24.0 Å². The van der Waals surface area contributed by atoms with Crippen LogP contribution < -0.4 is 10.6 Å². The van der Waals surface area contributed by atoms with Crippen molar-refractivity contribution in [2.75, 3.05) is 26.8 Å². The zero-order valence-corrected chi connectivity index (χ0v) is 13.0. The predicted molar refractivity (Wildman–Crippen MR) is 84.4 cm³/mol. The lowest BCUT2D eigenvalue weighted by Gasteiger charge is -2.36. The summed E-state index contributed by atoms with van der Waals surface area (Å²) in [7, 11) is 1.63. The molecule has 4 nitrogen and oxygen atoms in total. The van der Waals surface area contributed by atoms with Crippen molar-refractivity contribution in [1.82, 2.24) is 10.6 Å². The van der Waals surface area contributed by atoms with Crippen LogP contribution >= 0.6 is 0 Å². The molecule has 0 radical (unpaired) electrons. The van der Waals surface area contributed by atoms with Crippen LogP contribution in [-0.2, 0) is 9.53 Å². The first kappa shape index (κ1) is 16.0. The van der Waals surface area contributed by atoms with Crippen molar-refractivity contribution in [3.8, 4) is 0 Å². The molecule has 2 rings (SSSR count). The molecular formula is C17H26N2O2. The van der Waals surface area contributed by atoms with Crippen LogP contribution in [0.2, 0.25) is 0 Å². The fourth-order valence-electron chi connectivity index (χ4n) is 2.67. The summed E-state index contributed by atoms with van der Waals surface area (Å²) in [6.07, 6.45) is 2.89. The van der Waals surface area contributed by atoms with Gasteiger partial charge in [-0.25, -0.2) is 0 Å². The molecule has 21 heavy (non-hydrogen) atoms. The Bertz CT molecular complexity index is 439. The lowest BCUT2D eigenvalue weighted by molar-refractivity contribution is -0.121. The van der Waals surface area contributed by atoms with Crippen LogP contribution in [-0.4, -0.2) is 38.8 Å². The molecule has 0 saturated heterocycles. The number of hydrogen-bond acceptors (Lipinski definition) is 3. The Labute approximate surface area is 127 Å². The number of rotatable bonds is 8. The van der Waals surface area contributed by atoms with Crippen molar-refractivity contribution in [3.63, 3.8) is 0 Å². The maximum Gasteiger partial charge on any atom is 0.221 e. The molecule has 1 aliphatic carbocycles. The smallest absolute Gasteiger partial charge is 0.221 e. The van der Waals surface area contributed by atoms with E-state index in [-0.39, 0.29) is 5.91 Å². The van der Waals surface area contributed by atoms with E-state index in [4.69, 9.17) is 4.74 Å². The number of methoxy groups -OCH3 is 1. The molecule has 4 heteroatoms. The standard InChI is InChI=1S/C17H26N2O2/c1-13-3-5-14(6-4-13)15-11-16(12-15)18-8-7-17(20)19-9-10-21-2/h3-6,15-16,18H,7-12H2,1-2H3,(H,19,20). The Morgan fingerprint density at radius 3 is 2.62 bits per heavy atom. The minimum Gasteiger partial charge on any atom is -0.383 e. The van der Waals surface area contributed by atoms with Gasteiger partial charge in [-0.1, -0.05) is 29.8 Å². The Morgan fingerprint density at radius 1 is 1.24 bits per heavy atom. The molecule has 0 bridgehead atoms. The number of amides is 1. The highest BCUT2D eigenvalue weighted by Gasteiger charge is 2.29. The molecule has 0 aromatic heterocycles. The number of carbonyl (C=O) groups is 1. The van der Waals surface area contributed by atoms with Crippen molar-refractivity contribution < 1.29 is 9.53 Å². The number of benzene rings is 1. The first-order chi connectivity index (χ1) is 10.2. The van der Waals surface area contributed by atoms with E-state index < -0.39 is 0 Å². The highest BCUT2D eigenvalue weighted by atomic mass is 16.5. The van der Waals surface area contributed by atoms with Gasteiger partial charge in [-0.05, 0) is 31.2 Å². The molecule has 1 saturated carbocycles. The molecule has 0 heterocycles. The second kappa shape index (κ2) is 8.15. The SMILES string of the molecule is COCCNC(=O)CCNC1CC(c2ccc(C)cc2)C1. The molecule has 116 valence electrons. The maximum absolute atomic E-state index is 11.5. The number of aryl methyl sites for hydroxylation is 1. The third kappa shape index (κ3) is 5.14. The van der Waals surface area contributed by atoms with Gasteiger partial charge in [0.1, 0.15) is 0 Å². The minimum absolute atomic E-state index is 0.0916. The first-order valence-corrected chi connectivity index (χ1v) is 7.74. The van der Waals surface area contributed by atoms with Crippen molar-refractivity contribution in [2.45, 2.75) is 38.1 Å². The van der Waals surface area contributed by atoms with Gasteiger partial charge < -0.3 is 15.4 Å². The van der Waals surface area contributed by atoms with Crippen LogP contribution in [0.15, 0.2) is 24.3 Å². The predicted octanol–water partition coefficient (Wildman–Crippen LogP) is 1.98. The van der Waals surface area contributed by atoms with Crippen molar-refractivity contribution in [3.05, 3.63) is 35.4 Å². The quantitative estimate of drug-likeness (QED) is 0.720. The number of ether oxygens (including phenoxy) is 1. The van der Waals surface area contributed by atoms with E-state index in [1.54, 1.807) is 7.11 Å². The van der Waals surface area contributed by atoms with Gasteiger partial charge in [-0.3, -0.25) is 4.79 Å². The molecule has 1 aliphatic rings. The fourth-order valence-corrected chi connectivity index (χ4v) is 2.67. The largest absolute Gasteiger partial charge is 0.383 e. The Morgan fingerprint density at radius 2 is 1.95 bits per heavy atom. The zero-order chi connectivity index (χ0) is 15.1. The van der Waals surface area contributed by atoms with Crippen LogP contribution in [0.4, 0.5) is 0 Å². The van der Waals surface area contributed by atoms with Gasteiger partial charge in [0.25, 0.3) is 0 Å². The average Bonchev–Trinajstić information content (AvgIpc) is 2.43. The summed E-state index contributed by atoms with van der Waals surface area (Å²) in [5, 5.41) is 6.29. The molecule has 2 N–H and O–H groups in total. The lowest BCUT2D eigenvalue weighted by Crippen LogP contribution is -2.41. The van der Waals surface area contributed by atoms with Crippen molar-refractivity contribution in [1.29, 1.82) is 0 Å². The number of carbonyl (C=O) groups excluding carboxylic acids is 1. The second-order valence-corrected chi connectivity index (χ2v) is 5.82. The van der Waals surface area contributed by atoms with Crippen LogP contribution in [0.5, 0.6) is 0 Å². The van der Waals surface area contributed by atoms with Gasteiger partial charge in [0.15, 0.2) is 0 Å². The summed E-state index contributed by atoms with van der Waals surface area (Å²) < 4.78 is 4.89. The third-order valence-electron chi connectivity index (χ3n) is 4.10. The summed E-state index contributed by atoms with van der Waals surface area (Å²) >= 11 is 0. The summed E-state index contributed by atoms with van der Waals surface area (Å²) in [6.45, 7) is 4.03. The van der Waals surface area contributed by atoms with Gasteiger partial charge in [0.05, 0.1) is 6.61 Å². The Balaban J connectivity index is 1.56. The molecule has 0 atom stereocenters. The van der Waals surface area contributed by atoms with E-state index in [0.29, 0.717) is 31.5 Å². The highest BCUT2D eigenvalue weighted by Crippen LogP contribution is 2.36. The van der Waals surface area contributed by atoms with Gasteiger partial charge in [-0.15, -0.1) is 0 Å². The van der Waals surface area contributed by atoms with Gasteiger partial charge in [0, 0.05) is 32.7 Å². The normalized spacial score (nSPS) is 20.9. The van der Waals surface area contributed by atoms with E-state index >= 15 is 0 Å². The number of hydrogen-bond donors (Lipinski definition) is 2. The molecular weight excluding hydrogens is 264 g/mol. The first-order valence-electron chi connectivity index (χ1n) is 7.74. The molecule has 0 aliphatic heterocycles. The average molecular weight is 290 g/mol. The summed E-state index contributed by atoms with van der Waals surface area (Å²) in [6, 6.07) is 9.39. The van der Waals surface area contributed by atoms with Crippen LogP contribution in [0.1, 0.15) is 36.3 Å². The summed E-state index contributed by atoms with van der Waals surface area (Å²) in [5.41, 5.74) is 2.75. The Hall–Kier alpha value is -1.39. The van der Waals surface area contributed by atoms with E-state index in [1.807, 2.05) is 0 Å². The second-order valence-electron chi connectivity index (χ2n) is 5.82. The Kier molecular flexibility index (Phi) is 6.21. The summed E-state index contributed by atoms with van der Waals surface area (Å²) in [4.78, 5) is 11.5. The fraction of sp³-hybridized carbons (Fsp3) is 0.588. The molecule has 1 amide bonds. The van der Waals surface area contributed by atoms with Gasteiger partial charge >= 0.3 is 0 Å². The monoisotopic (exact) mass is 290 g/mol. The van der Waals surface area contributed by atoms with E-state index in [2.05, 4.69) is 41.8 Å². The van der Waals surface area contributed by atoms with Crippen LogP contribution in [0.3, 0.4) is 0 Å². The maximum atomic E-state index is 11.5. The highest BCUT2D eigenvalue weighted by molar-refractivity contribution is 5.76. The molecule has 0 unspecified atom stereocenters. The van der Waals surface area contributed by atoms with Gasteiger partial charge in [0.2, 0.25) is 5.91 Å². The van der Waals surface area contributed by atoms with E-state index in [0.717, 1.165) is 6.54 Å². The molecule has 1 aromatic carbocycles.